The molecule has 0 aromatic carbocycles. The molecule has 80 valence electrons. The molecule has 14 heavy (non-hydrogen) atoms. The maximum atomic E-state index is 11.1. The van der Waals surface area contributed by atoms with Crippen molar-refractivity contribution in [2.45, 2.75) is 26.7 Å². The molecular weight excluding hydrogens is 198 g/mol. The monoisotopic (exact) mass is 215 g/mol. The van der Waals surface area contributed by atoms with Gasteiger partial charge in [-0.2, -0.15) is 0 Å². The van der Waals surface area contributed by atoms with Gasteiger partial charge in [-0.15, -0.1) is 0 Å². The molecule has 0 aliphatic carbocycles. The van der Waals surface area contributed by atoms with E-state index in [0.29, 0.717) is 12.3 Å². The van der Waals surface area contributed by atoms with Crippen molar-refractivity contribution in [3.63, 3.8) is 0 Å². The number of hydrogen-bond acceptors (Lipinski definition) is 3. The summed E-state index contributed by atoms with van der Waals surface area (Å²) in [4.78, 5) is 21.6. The average Bonchev–Trinajstić information content (AvgIpc) is 2.13. The summed E-state index contributed by atoms with van der Waals surface area (Å²) in [5.41, 5.74) is 0. The quantitative estimate of drug-likeness (QED) is 0.542. The highest BCUT2D eigenvalue weighted by Gasteiger charge is 1.97. The van der Waals surface area contributed by atoms with Crippen LogP contribution in [0.15, 0.2) is 12.2 Å². The fraction of sp³-hybridized carbons (Fsp3) is 0.600. The normalized spacial score (nSPS) is 10.4. The number of allylic oxidation sites excluding steroid dienone is 1. The maximum absolute atomic E-state index is 11.1. The van der Waals surface area contributed by atoms with Crippen LogP contribution in [0.1, 0.15) is 26.7 Å². The van der Waals surface area contributed by atoms with Gasteiger partial charge < -0.3 is 5.32 Å². The Balaban J connectivity index is 3.40. The van der Waals surface area contributed by atoms with E-state index in [-0.39, 0.29) is 11.0 Å². The van der Waals surface area contributed by atoms with Crippen molar-refractivity contribution in [2.75, 3.05) is 12.3 Å². The lowest BCUT2D eigenvalue weighted by Gasteiger charge is -1.98. The third-order valence-electron chi connectivity index (χ3n) is 1.43. The Kier molecular flexibility index (Phi) is 8.33. The van der Waals surface area contributed by atoms with Crippen LogP contribution in [0.3, 0.4) is 0 Å². The van der Waals surface area contributed by atoms with E-state index in [0.717, 1.165) is 12.8 Å². The minimum atomic E-state index is -0.0559. The first-order valence-electron chi connectivity index (χ1n) is 4.74. The summed E-state index contributed by atoms with van der Waals surface area (Å²) in [6.45, 7) is 4.08. The van der Waals surface area contributed by atoms with Gasteiger partial charge in [0.05, 0.1) is 0 Å². The molecule has 0 radical (unpaired) electrons. The number of carbonyl (C=O) groups is 2. The predicted molar refractivity (Wildman–Crippen MR) is 60.2 cm³/mol. The molecule has 0 spiro atoms. The number of carbonyl (C=O) groups excluding carboxylic acids is 2. The molecule has 4 heteroatoms. The fourth-order valence-corrected chi connectivity index (χ4v) is 1.37. The molecule has 0 saturated carbocycles. The molecule has 0 atom stereocenters. The highest BCUT2D eigenvalue weighted by atomic mass is 32.2. The SMILES string of the molecule is CCCC=CC(=O)SCCNC(C)=O. The Morgan fingerprint density at radius 3 is 2.71 bits per heavy atom. The number of rotatable bonds is 6. The lowest BCUT2D eigenvalue weighted by molar-refractivity contribution is -0.118. The molecule has 0 fully saturated rings. The molecule has 0 bridgehead atoms. The Bertz CT molecular complexity index is 214. The smallest absolute Gasteiger partial charge is 0.216 e. The molecule has 0 aromatic heterocycles. The fourth-order valence-electron chi connectivity index (χ4n) is 0.773. The van der Waals surface area contributed by atoms with Crippen molar-refractivity contribution in [3.05, 3.63) is 12.2 Å². The van der Waals surface area contributed by atoms with Crippen LogP contribution >= 0.6 is 11.8 Å². The molecule has 1 amide bonds. The Morgan fingerprint density at radius 1 is 1.43 bits per heavy atom. The molecule has 0 aliphatic rings. The van der Waals surface area contributed by atoms with Gasteiger partial charge in [-0.25, -0.2) is 0 Å². The number of nitrogens with one attached hydrogen (secondary N) is 1. The van der Waals surface area contributed by atoms with Gasteiger partial charge >= 0.3 is 0 Å². The maximum Gasteiger partial charge on any atom is 0.216 e. The van der Waals surface area contributed by atoms with Crippen LogP contribution in [-0.4, -0.2) is 23.3 Å². The molecule has 0 heterocycles. The third kappa shape index (κ3) is 9.32. The van der Waals surface area contributed by atoms with E-state index >= 15 is 0 Å². The molecule has 0 unspecified atom stereocenters. The van der Waals surface area contributed by atoms with Crippen LogP contribution in [0.2, 0.25) is 0 Å². The van der Waals surface area contributed by atoms with Crippen LogP contribution in [0, 0.1) is 0 Å². The predicted octanol–water partition coefficient (Wildman–Crippen LogP) is 1.74. The topological polar surface area (TPSA) is 46.2 Å². The molecule has 3 nitrogen and oxygen atoms in total. The van der Waals surface area contributed by atoms with Crippen molar-refractivity contribution in [3.8, 4) is 0 Å². The summed E-state index contributed by atoms with van der Waals surface area (Å²) in [7, 11) is 0. The zero-order valence-corrected chi connectivity index (χ0v) is 9.52. The number of amides is 1. The number of thioether (sulfide) groups is 1. The van der Waals surface area contributed by atoms with Crippen LogP contribution in [0.25, 0.3) is 0 Å². The van der Waals surface area contributed by atoms with Gasteiger partial charge in [0.15, 0.2) is 0 Å². The molecule has 0 saturated heterocycles. The van der Waals surface area contributed by atoms with Crippen molar-refractivity contribution in [1.29, 1.82) is 0 Å². The Morgan fingerprint density at radius 2 is 2.14 bits per heavy atom. The van der Waals surface area contributed by atoms with Crippen LogP contribution < -0.4 is 5.32 Å². The van der Waals surface area contributed by atoms with Gasteiger partial charge in [-0.3, -0.25) is 9.59 Å². The van der Waals surface area contributed by atoms with E-state index in [4.69, 9.17) is 0 Å². The largest absolute Gasteiger partial charge is 0.356 e. The molecule has 0 aliphatic heterocycles. The van der Waals surface area contributed by atoms with Crippen molar-refractivity contribution in [2.24, 2.45) is 0 Å². The van der Waals surface area contributed by atoms with Crippen LogP contribution in [0.4, 0.5) is 0 Å². The Hall–Kier alpha value is -0.770. The minimum absolute atomic E-state index is 0.0559. The van der Waals surface area contributed by atoms with E-state index in [1.165, 1.54) is 18.7 Å². The highest BCUT2D eigenvalue weighted by molar-refractivity contribution is 8.14. The summed E-state index contributed by atoms with van der Waals surface area (Å²) in [6, 6.07) is 0. The van der Waals surface area contributed by atoms with Crippen molar-refractivity contribution < 1.29 is 9.59 Å². The van der Waals surface area contributed by atoms with Gasteiger partial charge in [-0.05, 0) is 12.5 Å². The molecule has 0 aromatic rings. The van der Waals surface area contributed by atoms with E-state index in [1.54, 1.807) is 6.08 Å². The van der Waals surface area contributed by atoms with Crippen molar-refractivity contribution in [1.82, 2.24) is 5.32 Å². The van der Waals surface area contributed by atoms with Crippen LogP contribution in [-0.2, 0) is 9.59 Å². The lowest BCUT2D eigenvalue weighted by atomic mass is 10.3. The zero-order valence-electron chi connectivity index (χ0n) is 8.71. The number of hydrogen-bond donors (Lipinski definition) is 1. The lowest BCUT2D eigenvalue weighted by Crippen LogP contribution is -2.22. The molecule has 1 N–H and O–H groups in total. The second-order valence-electron chi connectivity index (χ2n) is 2.84. The van der Waals surface area contributed by atoms with Gasteiger partial charge in [0, 0.05) is 19.2 Å². The van der Waals surface area contributed by atoms with E-state index < -0.39 is 0 Å². The standard InChI is InChI=1S/C10H17NO2S/c1-3-4-5-6-10(13)14-8-7-11-9(2)12/h5-6H,3-4,7-8H2,1-2H3,(H,11,12). The van der Waals surface area contributed by atoms with Gasteiger partial charge in [0.25, 0.3) is 0 Å². The van der Waals surface area contributed by atoms with Crippen molar-refractivity contribution >= 4 is 22.8 Å². The second-order valence-corrected chi connectivity index (χ2v) is 3.94. The first-order valence-corrected chi connectivity index (χ1v) is 5.73. The summed E-state index contributed by atoms with van der Waals surface area (Å²) in [6.07, 6.45) is 5.48. The van der Waals surface area contributed by atoms with Crippen LogP contribution in [0.5, 0.6) is 0 Å². The van der Waals surface area contributed by atoms with E-state index in [1.807, 2.05) is 6.08 Å². The molecule has 0 rings (SSSR count). The third-order valence-corrected chi connectivity index (χ3v) is 2.26. The summed E-state index contributed by atoms with van der Waals surface area (Å²) < 4.78 is 0. The molecular formula is C10H17NO2S. The summed E-state index contributed by atoms with van der Waals surface area (Å²) >= 11 is 1.23. The van der Waals surface area contributed by atoms with Gasteiger partial charge in [0.2, 0.25) is 11.0 Å². The van der Waals surface area contributed by atoms with Gasteiger partial charge in [0.1, 0.15) is 0 Å². The number of unbranched alkanes of at least 4 members (excludes halogenated alkanes) is 1. The summed E-state index contributed by atoms with van der Waals surface area (Å²) in [5, 5.41) is 2.69. The minimum Gasteiger partial charge on any atom is -0.356 e. The van der Waals surface area contributed by atoms with E-state index in [9.17, 15) is 9.59 Å². The second kappa shape index (κ2) is 8.81. The van der Waals surface area contributed by atoms with E-state index in [2.05, 4.69) is 12.2 Å². The highest BCUT2D eigenvalue weighted by Crippen LogP contribution is 2.02. The van der Waals surface area contributed by atoms with Gasteiger partial charge in [-0.1, -0.05) is 31.2 Å². The Labute approximate surface area is 89.3 Å². The first kappa shape index (κ1) is 13.2. The average molecular weight is 215 g/mol. The zero-order chi connectivity index (χ0) is 10.8. The summed E-state index contributed by atoms with van der Waals surface area (Å²) in [5.74, 6) is 0.578. The first-order chi connectivity index (χ1) is 6.66.